The average molecular weight is 223 g/mol. The van der Waals surface area contributed by atoms with Crippen molar-refractivity contribution in [2.24, 2.45) is 5.73 Å². The predicted molar refractivity (Wildman–Crippen MR) is 56.6 cm³/mol. The first-order valence-corrected chi connectivity index (χ1v) is 4.83. The smallest absolute Gasteiger partial charge is 0.132 e. The van der Waals surface area contributed by atoms with Crippen LogP contribution in [0.4, 0.5) is 8.78 Å². The van der Waals surface area contributed by atoms with E-state index in [0.717, 1.165) is 29.5 Å². The second-order valence-corrected chi connectivity index (χ2v) is 3.50. The third-order valence-corrected chi connectivity index (χ3v) is 2.50. The van der Waals surface area contributed by atoms with Gasteiger partial charge in [-0.3, -0.25) is 5.10 Å². The van der Waals surface area contributed by atoms with Gasteiger partial charge in [0.2, 0.25) is 0 Å². The lowest BCUT2D eigenvalue weighted by Crippen LogP contribution is -1.98. The molecule has 0 bridgehead atoms. The molecule has 3 N–H and O–H groups in total. The number of nitrogens with two attached hydrogens (primary N) is 1. The Morgan fingerprint density at radius 2 is 2.12 bits per heavy atom. The number of aromatic amines is 1. The molecule has 0 saturated heterocycles. The van der Waals surface area contributed by atoms with E-state index in [1.807, 2.05) is 0 Å². The normalized spacial score (nSPS) is 10.8. The van der Waals surface area contributed by atoms with Crippen molar-refractivity contribution in [3.8, 4) is 11.3 Å². The van der Waals surface area contributed by atoms with Crippen molar-refractivity contribution in [3.05, 3.63) is 41.1 Å². The molecule has 5 heteroatoms. The maximum Gasteiger partial charge on any atom is 0.132 e. The van der Waals surface area contributed by atoms with E-state index in [4.69, 9.17) is 5.73 Å². The number of nitrogens with zero attached hydrogens (tertiary/aromatic N) is 1. The summed E-state index contributed by atoms with van der Waals surface area (Å²) >= 11 is 0. The third kappa shape index (κ3) is 1.69. The summed E-state index contributed by atoms with van der Waals surface area (Å²) in [5, 5.41) is 6.65. The molecule has 84 valence electrons. The van der Waals surface area contributed by atoms with E-state index >= 15 is 0 Å². The van der Waals surface area contributed by atoms with Crippen molar-refractivity contribution in [1.29, 1.82) is 0 Å². The molecular formula is C11H11F2N3. The number of hydrogen-bond acceptors (Lipinski definition) is 2. The molecule has 2 aromatic rings. The molecule has 0 spiro atoms. The van der Waals surface area contributed by atoms with Crippen LogP contribution in [-0.4, -0.2) is 10.2 Å². The summed E-state index contributed by atoms with van der Waals surface area (Å²) < 4.78 is 26.5. The summed E-state index contributed by atoms with van der Waals surface area (Å²) in [6, 6.07) is 3.28. The number of aromatic nitrogens is 2. The monoisotopic (exact) mass is 223 g/mol. The zero-order chi connectivity index (χ0) is 11.7. The van der Waals surface area contributed by atoms with E-state index < -0.39 is 11.6 Å². The van der Waals surface area contributed by atoms with Crippen LogP contribution in [0.25, 0.3) is 11.3 Å². The van der Waals surface area contributed by atoms with Crippen LogP contribution in [0, 0.1) is 18.6 Å². The molecule has 0 aliphatic carbocycles. The summed E-state index contributed by atoms with van der Waals surface area (Å²) in [6.07, 6.45) is 0. The van der Waals surface area contributed by atoms with E-state index in [2.05, 4.69) is 10.2 Å². The second-order valence-electron chi connectivity index (χ2n) is 3.50. The van der Waals surface area contributed by atoms with Gasteiger partial charge in [-0.1, -0.05) is 0 Å². The van der Waals surface area contributed by atoms with Crippen LogP contribution < -0.4 is 5.73 Å². The Kier molecular flexibility index (Phi) is 2.70. The Morgan fingerprint density at radius 3 is 2.75 bits per heavy atom. The summed E-state index contributed by atoms with van der Waals surface area (Å²) in [4.78, 5) is 0. The molecule has 0 aliphatic rings. The fourth-order valence-electron chi connectivity index (χ4n) is 1.57. The van der Waals surface area contributed by atoms with Crippen molar-refractivity contribution in [1.82, 2.24) is 10.2 Å². The molecule has 0 unspecified atom stereocenters. The molecule has 0 saturated carbocycles. The molecule has 0 atom stereocenters. The minimum absolute atomic E-state index is 0.147. The minimum atomic E-state index is -0.500. The minimum Gasteiger partial charge on any atom is -0.325 e. The fourth-order valence-corrected chi connectivity index (χ4v) is 1.57. The molecule has 1 aromatic carbocycles. The molecule has 0 aliphatic heterocycles. The van der Waals surface area contributed by atoms with Crippen LogP contribution in [0.15, 0.2) is 18.2 Å². The maximum atomic E-state index is 13.5. The fraction of sp³-hybridized carbons (Fsp3) is 0.182. The molecule has 1 aromatic heterocycles. The van der Waals surface area contributed by atoms with E-state index in [1.54, 1.807) is 6.92 Å². The van der Waals surface area contributed by atoms with Gasteiger partial charge in [-0.2, -0.15) is 5.10 Å². The van der Waals surface area contributed by atoms with E-state index in [-0.39, 0.29) is 12.1 Å². The van der Waals surface area contributed by atoms with Crippen LogP contribution in [0.2, 0.25) is 0 Å². The van der Waals surface area contributed by atoms with Crippen molar-refractivity contribution in [3.63, 3.8) is 0 Å². The molecule has 0 amide bonds. The van der Waals surface area contributed by atoms with Crippen molar-refractivity contribution in [2.75, 3.05) is 0 Å². The maximum absolute atomic E-state index is 13.5. The zero-order valence-corrected chi connectivity index (χ0v) is 8.72. The number of H-pyrrole nitrogens is 1. The van der Waals surface area contributed by atoms with Gasteiger partial charge in [0, 0.05) is 12.1 Å². The van der Waals surface area contributed by atoms with Gasteiger partial charge in [-0.15, -0.1) is 0 Å². The number of hydrogen-bond donors (Lipinski definition) is 2. The van der Waals surface area contributed by atoms with Gasteiger partial charge in [0.1, 0.15) is 11.6 Å². The van der Waals surface area contributed by atoms with Crippen LogP contribution in [0.1, 0.15) is 11.3 Å². The second kappa shape index (κ2) is 4.02. The number of halogens is 2. The van der Waals surface area contributed by atoms with Crippen LogP contribution in [0.3, 0.4) is 0 Å². The first-order valence-electron chi connectivity index (χ1n) is 4.83. The van der Waals surface area contributed by atoms with Crippen molar-refractivity contribution < 1.29 is 8.78 Å². The Hall–Kier alpha value is -1.75. The number of rotatable bonds is 2. The van der Waals surface area contributed by atoms with Gasteiger partial charge in [-0.25, -0.2) is 8.78 Å². The quantitative estimate of drug-likeness (QED) is 0.819. The van der Waals surface area contributed by atoms with E-state index in [1.165, 1.54) is 0 Å². The first kappa shape index (κ1) is 10.8. The van der Waals surface area contributed by atoms with Gasteiger partial charge in [0.25, 0.3) is 0 Å². The summed E-state index contributed by atoms with van der Waals surface area (Å²) in [6.45, 7) is 2.06. The lowest BCUT2D eigenvalue weighted by Gasteiger charge is -2.01. The molecule has 3 nitrogen and oxygen atoms in total. The van der Waals surface area contributed by atoms with Gasteiger partial charge < -0.3 is 5.73 Å². The Balaban J connectivity index is 2.58. The van der Waals surface area contributed by atoms with Gasteiger partial charge in [0.05, 0.1) is 11.4 Å². The Morgan fingerprint density at radius 1 is 1.38 bits per heavy atom. The highest BCUT2D eigenvalue weighted by Crippen LogP contribution is 2.26. The summed E-state index contributed by atoms with van der Waals surface area (Å²) in [7, 11) is 0. The zero-order valence-electron chi connectivity index (χ0n) is 8.72. The average Bonchev–Trinajstić information content (AvgIpc) is 2.63. The molecular weight excluding hydrogens is 212 g/mol. The van der Waals surface area contributed by atoms with Gasteiger partial charge >= 0.3 is 0 Å². The van der Waals surface area contributed by atoms with Crippen molar-refractivity contribution >= 4 is 0 Å². The molecule has 0 radical (unpaired) electrons. The highest BCUT2D eigenvalue weighted by molar-refractivity contribution is 5.64. The van der Waals surface area contributed by atoms with Gasteiger partial charge in [0.15, 0.2) is 0 Å². The van der Waals surface area contributed by atoms with Gasteiger partial charge in [-0.05, 0) is 30.7 Å². The van der Waals surface area contributed by atoms with Crippen molar-refractivity contribution in [2.45, 2.75) is 13.5 Å². The highest BCUT2D eigenvalue weighted by Gasteiger charge is 2.14. The Bertz CT molecular complexity index is 520. The van der Waals surface area contributed by atoms with Crippen LogP contribution >= 0.6 is 0 Å². The lowest BCUT2D eigenvalue weighted by molar-refractivity contribution is 0.602. The molecule has 2 rings (SSSR count). The van der Waals surface area contributed by atoms with Crippen LogP contribution in [-0.2, 0) is 6.54 Å². The molecule has 0 fully saturated rings. The molecule has 1 heterocycles. The largest absolute Gasteiger partial charge is 0.325 e. The van der Waals surface area contributed by atoms with Crippen LogP contribution in [0.5, 0.6) is 0 Å². The van der Waals surface area contributed by atoms with E-state index in [9.17, 15) is 8.78 Å². The first-order chi connectivity index (χ1) is 7.63. The van der Waals surface area contributed by atoms with E-state index in [0.29, 0.717) is 5.69 Å². The number of nitrogens with one attached hydrogen (secondary N) is 1. The standard InChI is InChI=1S/C11H11F2N3/c1-6-10(5-14)15-16-11(6)8-4-7(12)2-3-9(8)13/h2-4H,5,14H2,1H3,(H,15,16). The topological polar surface area (TPSA) is 54.7 Å². The summed E-state index contributed by atoms with van der Waals surface area (Å²) in [5.41, 5.74) is 7.48. The Labute approximate surface area is 91.3 Å². The lowest BCUT2D eigenvalue weighted by atomic mass is 10.1. The number of benzene rings is 1. The highest BCUT2D eigenvalue weighted by atomic mass is 19.1. The SMILES string of the molecule is Cc1c(-c2cc(F)ccc2F)n[nH]c1CN. The predicted octanol–water partition coefficient (Wildman–Crippen LogP) is 2.12. The summed E-state index contributed by atoms with van der Waals surface area (Å²) in [5.74, 6) is -0.993. The third-order valence-electron chi connectivity index (χ3n) is 2.50. The molecule has 16 heavy (non-hydrogen) atoms.